The van der Waals surface area contributed by atoms with Crippen molar-refractivity contribution in [2.45, 2.75) is 39.7 Å². The summed E-state index contributed by atoms with van der Waals surface area (Å²) in [6, 6.07) is 9.54. The SMILES string of the molecule is Cc1cc2c(=O)n3c(nc2cc1C#Cc1ccccn1)CCC(C)CC3. The molecule has 1 aliphatic heterocycles. The van der Waals surface area contributed by atoms with Crippen LogP contribution in [0.5, 0.6) is 0 Å². The maximum atomic E-state index is 13.0. The van der Waals surface area contributed by atoms with Gasteiger partial charge in [-0.1, -0.05) is 18.9 Å². The van der Waals surface area contributed by atoms with Crippen LogP contribution >= 0.6 is 0 Å². The van der Waals surface area contributed by atoms with Crippen LogP contribution in [-0.2, 0) is 13.0 Å². The molecule has 0 radical (unpaired) electrons. The molecule has 26 heavy (non-hydrogen) atoms. The van der Waals surface area contributed by atoms with E-state index in [1.807, 2.05) is 41.8 Å². The number of pyridine rings is 1. The quantitative estimate of drug-likeness (QED) is 0.587. The van der Waals surface area contributed by atoms with Crippen LogP contribution in [0.3, 0.4) is 0 Å². The van der Waals surface area contributed by atoms with Crippen molar-refractivity contribution in [3.63, 3.8) is 0 Å². The molecule has 4 nitrogen and oxygen atoms in total. The molecule has 0 bridgehead atoms. The Morgan fingerprint density at radius 1 is 1.19 bits per heavy atom. The normalized spacial score (nSPS) is 16.5. The fourth-order valence-corrected chi connectivity index (χ4v) is 3.42. The first-order valence-electron chi connectivity index (χ1n) is 9.09. The van der Waals surface area contributed by atoms with Crippen LogP contribution in [0.25, 0.3) is 10.9 Å². The van der Waals surface area contributed by atoms with Gasteiger partial charge in [-0.25, -0.2) is 9.97 Å². The Hall–Kier alpha value is -2.93. The molecule has 2 aromatic heterocycles. The van der Waals surface area contributed by atoms with Crippen molar-refractivity contribution >= 4 is 10.9 Å². The number of aromatic nitrogens is 3. The third-order valence-corrected chi connectivity index (χ3v) is 5.08. The van der Waals surface area contributed by atoms with E-state index in [-0.39, 0.29) is 5.56 Å². The highest BCUT2D eigenvalue weighted by Gasteiger charge is 2.17. The summed E-state index contributed by atoms with van der Waals surface area (Å²) in [4.78, 5) is 22.0. The summed E-state index contributed by atoms with van der Waals surface area (Å²) in [7, 11) is 0. The van der Waals surface area contributed by atoms with E-state index in [2.05, 4.69) is 23.7 Å². The molecular formula is C22H21N3O. The lowest BCUT2D eigenvalue weighted by Gasteiger charge is -2.11. The molecule has 1 aliphatic rings. The third-order valence-electron chi connectivity index (χ3n) is 5.08. The van der Waals surface area contributed by atoms with Crippen LogP contribution in [-0.4, -0.2) is 14.5 Å². The topological polar surface area (TPSA) is 47.8 Å². The van der Waals surface area contributed by atoms with Crippen molar-refractivity contribution in [1.29, 1.82) is 0 Å². The summed E-state index contributed by atoms with van der Waals surface area (Å²) in [5.74, 6) is 7.79. The molecule has 0 spiro atoms. The van der Waals surface area contributed by atoms with Crippen LogP contribution < -0.4 is 5.56 Å². The molecule has 1 atom stereocenters. The zero-order valence-corrected chi connectivity index (χ0v) is 15.1. The second kappa shape index (κ2) is 6.76. The van der Waals surface area contributed by atoms with Gasteiger partial charge in [-0.2, -0.15) is 0 Å². The van der Waals surface area contributed by atoms with E-state index >= 15 is 0 Å². The van der Waals surface area contributed by atoms with Crippen LogP contribution in [0.1, 0.15) is 42.4 Å². The zero-order valence-electron chi connectivity index (χ0n) is 15.1. The minimum absolute atomic E-state index is 0.0754. The number of hydrogen-bond acceptors (Lipinski definition) is 3. The lowest BCUT2D eigenvalue weighted by molar-refractivity contribution is 0.484. The van der Waals surface area contributed by atoms with Gasteiger partial charge in [0.2, 0.25) is 0 Å². The van der Waals surface area contributed by atoms with Gasteiger partial charge in [0, 0.05) is 24.7 Å². The predicted octanol–water partition coefficient (Wildman–Crippen LogP) is 3.47. The number of nitrogens with zero attached hydrogens (tertiary/aromatic N) is 3. The van der Waals surface area contributed by atoms with Crippen molar-refractivity contribution in [2.75, 3.05) is 0 Å². The van der Waals surface area contributed by atoms with Gasteiger partial charge in [0.15, 0.2) is 0 Å². The van der Waals surface area contributed by atoms with Crippen molar-refractivity contribution in [3.05, 3.63) is 69.5 Å². The summed E-state index contributed by atoms with van der Waals surface area (Å²) in [6.45, 7) is 4.99. The van der Waals surface area contributed by atoms with E-state index in [1.165, 1.54) is 0 Å². The standard InChI is InChI=1S/C22H21N3O/c1-15-6-9-21-24-20-14-17(7-8-18-5-3-4-11-23-18)16(2)13-19(20)22(26)25(21)12-10-15/h3-5,11,13-15H,6,9-10,12H2,1-2H3. The lowest BCUT2D eigenvalue weighted by Crippen LogP contribution is -2.24. The summed E-state index contributed by atoms with van der Waals surface area (Å²) < 4.78 is 1.87. The maximum absolute atomic E-state index is 13.0. The van der Waals surface area contributed by atoms with E-state index < -0.39 is 0 Å². The molecule has 0 aliphatic carbocycles. The zero-order chi connectivity index (χ0) is 18.1. The molecule has 0 N–H and O–H groups in total. The van der Waals surface area contributed by atoms with E-state index in [1.54, 1.807) is 6.20 Å². The number of rotatable bonds is 0. The molecule has 3 aromatic rings. The van der Waals surface area contributed by atoms with Crippen molar-refractivity contribution in [1.82, 2.24) is 14.5 Å². The Morgan fingerprint density at radius 2 is 2.08 bits per heavy atom. The second-order valence-corrected chi connectivity index (χ2v) is 7.07. The Kier molecular flexibility index (Phi) is 4.30. The Balaban J connectivity index is 1.83. The molecule has 0 saturated carbocycles. The number of aryl methyl sites for hydroxylation is 2. The van der Waals surface area contributed by atoms with Crippen molar-refractivity contribution < 1.29 is 0 Å². The highest BCUT2D eigenvalue weighted by atomic mass is 16.1. The first-order valence-corrected chi connectivity index (χ1v) is 9.09. The van der Waals surface area contributed by atoms with Gasteiger partial charge in [0.05, 0.1) is 10.9 Å². The van der Waals surface area contributed by atoms with E-state index in [0.29, 0.717) is 11.3 Å². The first kappa shape index (κ1) is 16.5. The first-order chi connectivity index (χ1) is 12.6. The molecule has 0 fully saturated rings. The number of fused-ring (bicyclic) bond motifs is 2. The van der Waals surface area contributed by atoms with Crippen molar-refractivity contribution in [2.24, 2.45) is 5.92 Å². The third kappa shape index (κ3) is 3.13. The van der Waals surface area contributed by atoms with Gasteiger partial charge in [-0.15, -0.1) is 0 Å². The van der Waals surface area contributed by atoms with Gasteiger partial charge in [-0.3, -0.25) is 9.36 Å². The highest BCUT2D eigenvalue weighted by Crippen LogP contribution is 2.21. The number of hydrogen-bond donors (Lipinski definition) is 0. The largest absolute Gasteiger partial charge is 0.296 e. The highest BCUT2D eigenvalue weighted by molar-refractivity contribution is 5.80. The van der Waals surface area contributed by atoms with Crippen LogP contribution in [0.15, 0.2) is 41.3 Å². The van der Waals surface area contributed by atoms with Crippen LogP contribution in [0.2, 0.25) is 0 Å². The Bertz CT molecular complexity index is 1090. The van der Waals surface area contributed by atoms with E-state index in [4.69, 9.17) is 4.98 Å². The smallest absolute Gasteiger partial charge is 0.261 e. The molecule has 4 rings (SSSR count). The summed E-state index contributed by atoms with van der Waals surface area (Å²) in [6.07, 6.45) is 4.70. The van der Waals surface area contributed by atoms with Crippen molar-refractivity contribution in [3.8, 4) is 11.8 Å². The Labute approximate surface area is 152 Å². The van der Waals surface area contributed by atoms with Gasteiger partial charge in [-0.05, 0) is 61.4 Å². The fraction of sp³-hybridized carbons (Fsp3) is 0.318. The summed E-state index contributed by atoms with van der Waals surface area (Å²) >= 11 is 0. The summed E-state index contributed by atoms with van der Waals surface area (Å²) in [5.41, 5.74) is 3.43. The molecule has 4 heteroatoms. The van der Waals surface area contributed by atoms with Crippen LogP contribution in [0, 0.1) is 24.7 Å². The molecule has 0 saturated heterocycles. The second-order valence-electron chi connectivity index (χ2n) is 7.07. The summed E-state index contributed by atoms with van der Waals surface area (Å²) in [5, 5.41) is 0.684. The molecule has 1 unspecified atom stereocenters. The van der Waals surface area contributed by atoms with E-state index in [9.17, 15) is 4.79 Å². The van der Waals surface area contributed by atoms with Gasteiger partial charge in [0.1, 0.15) is 11.5 Å². The predicted molar refractivity (Wildman–Crippen MR) is 103 cm³/mol. The average molecular weight is 343 g/mol. The van der Waals surface area contributed by atoms with E-state index in [0.717, 1.165) is 54.0 Å². The van der Waals surface area contributed by atoms with Gasteiger partial charge >= 0.3 is 0 Å². The Morgan fingerprint density at radius 3 is 2.88 bits per heavy atom. The molecule has 0 amide bonds. The maximum Gasteiger partial charge on any atom is 0.261 e. The monoisotopic (exact) mass is 343 g/mol. The molecule has 130 valence electrons. The number of benzene rings is 1. The van der Waals surface area contributed by atoms with Gasteiger partial charge in [0.25, 0.3) is 5.56 Å². The lowest BCUT2D eigenvalue weighted by atomic mass is 10.0. The molecule has 1 aromatic carbocycles. The van der Waals surface area contributed by atoms with Gasteiger partial charge < -0.3 is 0 Å². The van der Waals surface area contributed by atoms with Crippen LogP contribution in [0.4, 0.5) is 0 Å². The minimum Gasteiger partial charge on any atom is -0.296 e. The fourth-order valence-electron chi connectivity index (χ4n) is 3.42. The molecule has 3 heterocycles. The minimum atomic E-state index is 0.0754. The molecular weight excluding hydrogens is 322 g/mol. The average Bonchev–Trinajstić information content (AvgIpc) is 2.84.